The lowest BCUT2D eigenvalue weighted by atomic mass is 9.87. The highest BCUT2D eigenvalue weighted by Crippen LogP contribution is 2.55. The van der Waals surface area contributed by atoms with Crippen molar-refractivity contribution in [1.82, 2.24) is 0 Å². The number of hydrogen-bond donors (Lipinski definition) is 5. The zero-order chi connectivity index (χ0) is 44.6. The topological polar surface area (TPSA) is 209 Å². The minimum atomic E-state index is -1.86. The van der Waals surface area contributed by atoms with Crippen LogP contribution in [0.5, 0.6) is 0 Å². The molecule has 0 amide bonds. The highest BCUT2D eigenvalue weighted by Gasteiger charge is 2.64. The van der Waals surface area contributed by atoms with Crippen molar-refractivity contribution in [3.05, 3.63) is 23.8 Å². The zero-order valence-corrected chi connectivity index (χ0v) is 37.7. The average molecular weight is 877 g/mol. The number of carbonyl (C=O) groups excluding carboxylic acids is 1. The molecular weight excluding hydrogens is 805 g/mol. The molecule has 0 aromatic carbocycles. The number of aliphatic carboxylic acids is 1. The molecule has 5 N–H and O–H groups in total. The highest BCUT2D eigenvalue weighted by atomic mass is 16.8. The van der Waals surface area contributed by atoms with E-state index >= 15 is 0 Å². The molecule has 2 bridgehead atoms. The lowest BCUT2D eigenvalue weighted by Crippen LogP contribution is -2.59. The van der Waals surface area contributed by atoms with E-state index in [9.17, 15) is 35.1 Å². The van der Waals surface area contributed by atoms with Gasteiger partial charge in [-0.05, 0) is 97.8 Å². The van der Waals surface area contributed by atoms with Gasteiger partial charge in [0.05, 0.1) is 48.1 Å². The Morgan fingerprint density at radius 1 is 0.919 bits per heavy atom. The molecule has 0 aliphatic carbocycles. The van der Waals surface area contributed by atoms with Gasteiger partial charge >= 0.3 is 5.97 Å². The summed E-state index contributed by atoms with van der Waals surface area (Å²) >= 11 is 0. The predicted molar refractivity (Wildman–Crippen MR) is 221 cm³/mol. The molecule has 8 heterocycles. The molecule has 0 radical (unpaired) electrons. The van der Waals surface area contributed by atoms with Gasteiger partial charge in [0, 0.05) is 38.5 Å². The maximum Gasteiger partial charge on any atom is 0.308 e. The molecule has 8 fully saturated rings. The van der Waals surface area contributed by atoms with Gasteiger partial charge in [0.25, 0.3) is 0 Å². The van der Waals surface area contributed by atoms with Crippen LogP contribution in [0.4, 0.5) is 0 Å². The molecule has 19 atom stereocenters. The Morgan fingerprint density at radius 2 is 1.68 bits per heavy atom. The van der Waals surface area contributed by atoms with E-state index in [-0.39, 0.29) is 36.6 Å². The molecule has 8 saturated heterocycles. The number of aliphatic hydroxyl groups excluding tert-OH is 3. The number of ketones is 1. The van der Waals surface area contributed by atoms with Crippen molar-refractivity contribution < 1.29 is 73.0 Å². The minimum Gasteiger partial charge on any atom is -0.481 e. The summed E-state index contributed by atoms with van der Waals surface area (Å²) in [6.07, 6.45) is 6.29. The van der Waals surface area contributed by atoms with Crippen LogP contribution in [0.15, 0.2) is 23.8 Å². The summed E-state index contributed by atoms with van der Waals surface area (Å²) in [4.78, 5) is 25.5. The summed E-state index contributed by atoms with van der Waals surface area (Å²) in [6, 6.07) is 0. The van der Waals surface area contributed by atoms with E-state index in [1.54, 1.807) is 19.9 Å². The lowest BCUT2D eigenvalue weighted by molar-refractivity contribution is -0.359. The van der Waals surface area contributed by atoms with Gasteiger partial charge in [-0.15, -0.1) is 0 Å². The molecule has 0 aromatic heterocycles. The van der Waals surface area contributed by atoms with Crippen LogP contribution < -0.4 is 0 Å². The summed E-state index contributed by atoms with van der Waals surface area (Å²) in [7, 11) is 0. The van der Waals surface area contributed by atoms with E-state index in [1.165, 1.54) is 0 Å². The zero-order valence-electron chi connectivity index (χ0n) is 37.7. The Labute approximate surface area is 365 Å². The number of Topliss-reactive ketones (excluding diaryl/α,β-unsaturated/α-hetero) is 1. The predicted octanol–water partition coefficient (Wildman–Crippen LogP) is 4.77. The first-order chi connectivity index (χ1) is 29.1. The maximum absolute atomic E-state index is 13.9. The quantitative estimate of drug-likeness (QED) is 0.167. The third-order valence-electron chi connectivity index (χ3n) is 15.7. The van der Waals surface area contributed by atoms with Crippen molar-refractivity contribution in [1.29, 1.82) is 0 Å². The van der Waals surface area contributed by atoms with E-state index in [1.807, 2.05) is 19.9 Å². The first kappa shape index (κ1) is 46.7. The van der Waals surface area contributed by atoms with Crippen molar-refractivity contribution in [3.8, 4) is 0 Å². The van der Waals surface area contributed by atoms with Crippen molar-refractivity contribution in [3.63, 3.8) is 0 Å². The first-order valence-corrected chi connectivity index (χ1v) is 23.4. The average Bonchev–Trinajstić information content (AvgIpc) is 4.02. The third-order valence-corrected chi connectivity index (χ3v) is 15.7. The van der Waals surface area contributed by atoms with Crippen LogP contribution in [0.3, 0.4) is 0 Å². The number of carboxylic acids is 1. The van der Waals surface area contributed by atoms with Gasteiger partial charge in [-0.2, -0.15) is 0 Å². The largest absolute Gasteiger partial charge is 0.481 e. The fourth-order valence-electron chi connectivity index (χ4n) is 12.1. The molecule has 15 nitrogen and oxygen atoms in total. The number of fused-ring (bicyclic) bond motifs is 2. The van der Waals surface area contributed by atoms with Crippen molar-refractivity contribution in [2.45, 2.75) is 234 Å². The molecule has 0 saturated carbocycles. The van der Waals surface area contributed by atoms with E-state index < -0.39 is 101 Å². The van der Waals surface area contributed by atoms with Crippen LogP contribution in [0.1, 0.15) is 138 Å². The molecule has 8 aliphatic heterocycles. The number of allylic oxidation sites excluding steroid dienone is 3. The second-order valence-corrected chi connectivity index (χ2v) is 21.2. The van der Waals surface area contributed by atoms with Crippen LogP contribution in [-0.2, 0) is 47.5 Å². The van der Waals surface area contributed by atoms with E-state index in [4.69, 9.17) is 37.9 Å². The van der Waals surface area contributed by atoms with Crippen LogP contribution in [0.2, 0.25) is 0 Å². The van der Waals surface area contributed by atoms with Crippen molar-refractivity contribution >= 4 is 11.8 Å². The van der Waals surface area contributed by atoms with E-state index in [0.29, 0.717) is 51.6 Å². The number of carbonyl (C=O) groups is 2. The number of hydrogen-bond acceptors (Lipinski definition) is 14. The molecular formula is C47H72O15. The molecule has 0 unspecified atom stereocenters. The van der Waals surface area contributed by atoms with Gasteiger partial charge in [0.1, 0.15) is 42.2 Å². The number of rotatable bonds is 12. The van der Waals surface area contributed by atoms with Crippen LogP contribution in [0, 0.1) is 17.8 Å². The summed E-state index contributed by atoms with van der Waals surface area (Å²) < 4.78 is 51.4. The first-order valence-electron chi connectivity index (χ1n) is 23.4. The summed E-state index contributed by atoms with van der Waals surface area (Å²) in [6.45, 7) is 13.9. The SMILES string of the molecule is CC(/C=C/[C@H]1O[C@H]([C@@]2(O)OCC[C@@H](C)[C@H]2O)C[C@H]1O)=C\[C@H](C)C[C@@]1(C)CC[C@H]([C@@]23CC[C@@](C)(C[C@H]([C@H]4O[C@@](C)([C@@H](O)[C@@H]5CC[C@]6(CCC[C@@H]([C@H](C)C(=O)O)O6)O5)CC4=O)O2)O3)O1. The molecule has 1 spiro atoms. The fraction of sp³-hybridized carbons (Fsp3) is 0.872. The second kappa shape index (κ2) is 17.1. The smallest absolute Gasteiger partial charge is 0.308 e. The van der Waals surface area contributed by atoms with E-state index in [0.717, 1.165) is 37.7 Å². The summed E-state index contributed by atoms with van der Waals surface area (Å²) in [5.74, 6) is -5.58. The normalized spacial score (nSPS) is 50.2. The maximum atomic E-state index is 13.9. The van der Waals surface area contributed by atoms with Gasteiger partial charge in [-0.25, -0.2) is 0 Å². The monoisotopic (exact) mass is 876 g/mol. The van der Waals surface area contributed by atoms with Crippen molar-refractivity contribution in [2.75, 3.05) is 6.61 Å². The van der Waals surface area contributed by atoms with Gasteiger partial charge in [0.2, 0.25) is 5.79 Å². The molecule has 15 heteroatoms. The van der Waals surface area contributed by atoms with Crippen LogP contribution in [0.25, 0.3) is 0 Å². The second-order valence-electron chi connectivity index (χ2n) is 21.2. The minimum absolute atomic E-state index is 0.00421. The summed E-state index contributed by atoms with van der Waals surface area (Å²) in [5.41, 5.74) is -1.22. The standard InChI is InChI=1S/C47H72O15/c1-26(10-11-33-30(48)22-37(56-33)47(54)39(50)28(3)14-20-55-47)21-27(2)23-42(5)16-13-36(60-42)46-19-18-43(6,62-46)25-35(59-46)38-31(49)24-44(7,61-38)40(51)34-12-17-45(58-34)15-8-9-32(57-45)29(4)41(52)53/h10-11,21,27-30,32-40,48,50-51,54H,8-9,12-20,22-25H2,1-7H3,(H,52,53)/b11-10+,26-21+/t27-,28+,29-,30+,32-,33+,34-,35+,36+,37-,38-,39+,40-,42+,43-,44+,45-,46-,47+/m0/s1. The van der Waals surface area contributed by atoms with Crippen molar-refractivity contribution in [2.24, 2.45) is 17.8 Å². The Morgan fingerprint density at radius 3 is 2.44 bits per heavy atom. The lowest BCUT2D eigenvalue weighted by Gasteiger charge is -2.47. The number of aliphatic hydroxyl groups is 4. The van der Waals surface area contributed by atoms with Crippen LogP contribution in [-0.4, -0.2) is 139 Å². The molecule has 8 aliphatic rings. The Bertz CT molecular complexity index is 1740. The highest BCUT2D eigenvalue weighted by molar-refractivity contribution is 5.86. The summed E-state index contributed by atoms with van der Waals surface area (Å²) in [5, 5.41) is 54.0. The fourth-order valence-corrected chi connectivity index (χ4v) is 12.1. The van der Waals surface area contributed by atoms with E-state index in [2.05, 4.69) is 26.8 Å². The molecule has 8 rings (SSSR count). The van der Waals surface area contributed by atoms with Gasteiger partial charge in [-0.3, -0.25) is 9.59 Å². The molecule has 62 heavy (non-hydrogen) atoms. The Hall–Kier alpha value is -1.86. The van der Waals surface area contributed by atoms with Gasteiger partial charge < -0.3 is 63.4 Å². The van der Waals surface area contributed by atoms with Crippen LogP contribution >= 0.6 is 0 Å². The number of carboxylic acid groups (broad SMARTS) is 1. The van der Waals surface area contributed by atoms with Gasteiger partial charge in [-0.1, -0.05) is 37.6 Å². The Kier molecular flexibility index (Phi) is 12.9. The van der Waals surface area contributed by atoms with Gasteiger partial charge in [0.15, 0.2) is 17.4 Å². The molecule has 350 valence electrons. The molecule has 0 aromatic rings. The Balaban J connectivity index is 0.863. The third kappa shape index (κ3) is 8.89. The number of ether oxygens (including phenoxy) is 8.